The van der Waals surface area contributed by atoms with Crippen LogP contribution in [0.5, 0.6) is 5.75 Å². The van der Waals surface area contributed by atoms with E-state index in [1.807, 2.05) is 0 Å². The average molecular weight is 247 g/mol. The molecule has 0 aromatic heterocycles. The predicted octanol–water partition coefficient (Wildman–Crippen LogP) is 2.14. The van der Waals surface area contributed by atoms with Gasteiger partial charge in [0.2, 0.25) is 0 Å². The molecular weight excluding hydrogens is 226 g/mol. The molecule has 0 amide bonds. The second-order valence-corrected chi connectivity index (χ2v) is 5.72. The summed E-state index contributed by atoms with van der Waals surface area (Å²) in [6.45, 7) is 6.69. The van der Waals surface area contributed by atoms with E-state index in [0.29, 0.717) is 0 Å². The Labute approximate surface area is 108 Å². The van der Waals surface area contributed by atoms with Crippen molar-refractivity contribution in [2.75, 3.05) is 26.4 Å². The van der Waals surface area contributed by atoms with Gasteiger partial charge in [0.15, 0.2) is 0 Å². The largest absolute Gasteiger partial charge is 0.493 e. The lowest BCUT2D eigenvalue weighted by Crippen LogP contribution is -2.27. The zero-order valence-corrected chi connectivity index (χ0v) is 11.0. The molecule has 0 radical (unpaired) electrons. The molecule has 1 saturated heterocycles. The van der Waals surface area contributed by atoms with Crippen LogP contribution in [0.25, 0.3) is 0 Å². The Morgan fingerprint density at radius 1 is 1.44 bits per heavy atom. The first-order chi connectivity index (χ1) is 8.77. The molecule has 1 aromatic carbocycles. The molecule has 98 valence electrons. The van der Waals surface area contributed by atoms with Gasteiger partial charge in [0.25, 0.3) is 0 Å². The summed E-state index contributed by atoms with van der Waals surface area (Å²) in [6.07, 6.45) is 2.20. The zero-order chi connectivity index (χ0) is 12.4. The normalized spacial score (nSPS) is 26.9. The van der Waals surface area contributed by atoms with Crippen molar-refractivity contribution < 1.29 is 9.47 Å². The van der Waals surface area contributed by atoms with E-state index < -0.39 is 0 Å². The van der Waals surface area contributed by atoms with Crippen LogP contribution < -0.4 is 10.1 Å². The van der Waals surface area contributed by atoms with Crippen molar-refractivity contribution in [3.63, 3.8) is 0 Å². The first-order valence-corrected chi connectivity index (χ1v) is 6.79. The van der Waals surface area contributed by atoms with Crippen LogP contribution in [0, 0.1) is 5.41 Å². The SMILES string of the molecule is CC1(COc2cccc3c2CNCC3)CCOC1. The average Bonchev–Trinajstić information content (AvgIpc) is 2.84. The van der Waals surface area contributed by atoms with Crippen LogP contribution in [0.1, 0.15) is 24.5 Å². The Balaban J connectivity index is 1.72. The van der Waals surface area contributed by atoms with Crippen LogP contribution in [0.2, 0.25) is 0 Å². The molecule has 1 aromatic rings. The van der Waals surface area contributed by atoms with E-state index in [0.717, 1.165) is 51.5 Å². The van der Waals surface area contributed by atoms with E-state index in [-0.39, 0.29) is 5.41 Å². The molecule has 3 nitrogen and oxygen atoms in total. The highest BCUT2D eigenvalue weighted by molar-refractivity contribution is 5.41. The number of benzene rings is 1. The van der Waals surface area contributed by atoms with Crippen molar-refractivity contribution in [1.29, 1.82) is 0 Å². The van der Waals surface area contributed by atoms with Gasteiger partial charge in [-0.2, -0.15) is 0 Å². The van der Waals surface area contributed by atoms with Crippen LogP contribution in [0.4, 0.5) is 0 Å². The molecule has 2 heterocycles. The highest BCUT2D eigenvalue weighted by atomic mass is 16.5. The minimum Gasteiger partial charge on any atom is -0.493 e. The van der Waals surface area contributed by atoms with Gasteiger partial charge in [-0.05, 0) is 31.0 Å². The maximum Gasteiger partial charge on any atom is 0.124 e. The van der Waals surface area contributed by atoms with Gasteiger partial charge in [-0.3, -0.25) is 0 Å². The summed E-state index contributed by atoms with van der Waals surface area (Å²) < 4.78 is 11.5. The van der Waals surface area contributed by atoms with Crippen LogP contribution >= 0.6 is 0 Å². The minimum absolute atomic E-state index is 0.185. The molecule has 2 aliphatic heterocycles. The summed E-state index contributed by atoms with van der Waals surface area (Å²) in [5.41, 5.74) is 2.95. The third kappa shape index (κ3) is 2.38. The molecule has 1 fully saturated rings. The summed E-state index contributed by atoms with van der Waals surface area (Å²) in [7, 11) is 0. The summed E-state index contributed by atoms with van der Waals surface area (Å²) in [5.74, 6) is 1.05. The van der Waals surface area contributed by atoms with Gasteiger partial charge in [-0.1, -0.05) is 19.1 Å². The zero-order valence-electron chi connectivity index (χ0n) is 11.0. The van der Waals surface area contributed by atoms with Crippen molar-refractivity contribution in [2.24, 2.45) is 5.41 Å². The lowest BCUT2D eigenvalue weighted by Gasteiger charge is -2.25. The fourth-order valence-electron chi connectivity index (χ4n) is 2.69. The maximum absolute atomic E-state index is 6.07. The highest BCUT2D eigenvalue weighted by Crippen LogP contribution is 2.31. The molecule has 3 rings (SSSR count). The van der Waals surface area contributed by atoms with Crippen LogP contribution in [0.15, 0.2) is 18.2 Å². The number of ether oxygens (including phenoxy) is 2. The quantitative estimate of drug-likeness (QED) is 0.887. The second-order valence-electron chi connectivity index (χ2n) is 5.72. The van der Waals surface area contributed by atoms with E-state index in [1.165, 1.54) is 11.1 Å². The number of fused-ring (bicyclic) bond motifs is 1. The third-order valence-corrected chi connectivity index (χ3v) is 3.98. The Kier molecular flexibility index (Phi) is 3.27. The van der Waals surface area contributed by atoms with Gasteiger partial charge in [0.05, 0.1) is 13.2 Å². The van der Waals surface area contributed by atoms with Crippen molar-refractivity contribution in [3.8, 4) is 5.75 Å². The van der Waals surface area contributed by atoms with E-state index >= 15 is 0 Å². The predicted molar refractivity (Wildman–Crippen MR) is 70.9 cm³/mol. The Hall–Kier alpha value is -1.06. The molecule has 2 aliphatic rings. The van der Waals surface area contributed by atoms with Crippen molar-refractivity contribution in [1.82, 2.24) is 5.32 Å². The minimum atomic E-state index is 0.185. The standard InChI is InChI=1S/C15H21NO2/c1-15(6-8-17-10-15)11-18-14-4-2-3-12-5-7-16-9-13(12)14/h2-4,16H,5-11H2,1H3. The van der Waals surface area contributed by atoms with E-state index in [2.05, 4.69) is 30.4 Å². The lowest BCUT2D eigenvalue weighted by molar-refractivity contribution is 0.117. The smallest absolute Gasteiger partial charge is 0.124 e. The fourth-order valence-corrected chi connectivity index (χ4v) is 2.69. The number of rotatable bonds is 3. The molecule has 1 unspecified atom stereocenters. The first-order valence-electron chi connectivity index (χ1n) is 6.79. The number of hydrogen-bond acceptors (Lipinski definition) is 3. The molecular formula is C15H21NO2. The van der Waals surface area contributed by atoms with Gasteiger partial charge in [0, 0.05) is 24.1 Å². The Morgan fingerprint density at radius 3 is 3.22 bits per heavy atom. The van der Waals surface area contributed by atoms with Gasteiger partial charge >= 0.3 is 0 Å². The van der Waals surface area contributed by atoms with Gasteiger partial charge in [0.1, 0.15) is 5.75 Å². The van der Waals surface area contributed by atoms with E-state index in [4.69, 9.17) is 9.47 Å². The molecule has 0 saturated carbocycles. The monoisotopic (exact) mass is 247 g/mol. The molecule has 0 bridgehead atoms. The van der Waals surface area contributed by atoms with Crippen LogP contribution in [0.3, 0.4) is 0 Å². The summed E-state index contributed by atoms with van der Waals surface area (Å²) in [6, 6.07) is 6.40. The van der Waals surface area contributed by atoms with Gasteiger partial charge in [-0.25, -0.2) is 0 Å². The maximum atomic E-state index is 6.07. The molecule has 1 atom stereocenters. The van der Waals surface area contributed by atoms with Crippen molar-refractivity contribution >= 4 is 0 Å². The summed E-state index contributed by atoms with van der Waals surface area (Å²) >= 11 is 0. The molecule has 3 heteroatoms. The van der Waals surface area contributed by atoms with Crippen LogP contribution in [-0.2, 0) is 17.7 Å². The number of hydrogen-bond donors (Lipinski definition) is 1. The highest BCUT2D eigenvalue weighted by Gasteiger charge is 2.31. The van der Waals surface area contributed by atoms with Gasteiger partial charge < -0.3 is 14.8 Å². The number of nitrogens with one attached hydrogen (secondary N) is 1. The molecule has 18 heavy (non-hydrogen) atoms. The summed E-state index contributed by atoms with van der Waals surface area (Å²) in [5, 5.41) is 3.41. The van der Waals surface area contributed by atoms with Crippen LogP contribution in [-0.4, -0.2) is 26.4 Å². The molecule has 0 spiro atoms. The Bertz CT molecular complexity index is 425. The fraction of sp³-hybridized carbons (Fsp3) is 0.600. The van der Waals surface area contributed by atoms with E-state index in [1.54, 1.807) is 0 Å². The molecule has 0 aliphatic carbocycles. The lowest BCUT2D eigenvalue weighted by atomic mass is 9.91. The third-order valence-electron chi connectivity index (χ3n) is 3.98. The van der Waals surface area contributed by atoms with Crippen molar-refractivity contribution in [3.05, 3.63) is 29.3 Å². The second kappa shape index (κ2) is 4.90. The van der Waals surface area contributed by atoms with E-state index in [9.17, 15) is 0 Å². The first kappa shape index (κ1) is 12.0. The van der Waals surface area contributed by atoms with Crippen molar-refractivity contribution in [2.45, 2.75) is 26.3 Å². The Morgan fingerprint density at radius 2 is 2.39 bits per heavy atom. The molecule has 1 N–H and O–H groups in total. The summed E-state index contributed by atoms with van der Waals surface area (Å²) in [4.78, 5) is 0. The van der Waals surface area contributed by atoms with Gasteiger partial charge in [-0.15, -0.1) is 0 Å². The topological polar surface area (TPSA) is 30.5 Å².